The van der Waals surface area contributed by atoms with Crippen molar-refractivity contribution in [3.05, 3.63) is 34.9 Å². The summed E-state index contributed by atoms with van der Waals surface area (Å²) < 4.78 is 4.99. The average molecular weight is 228 g/mol. The molecule has 1 atom stereocenters. The van der Waals surface area contributed by atoms with Crippen molar-refractivity contribution < 1.29 is 4.74 Å². The molecule has 0 heterocycles. The molecule has 84 valence electrons. The van der Waals surface area contributed by atoms with E-state index in [2.05, 4.69) is 24.4 Å². The molecule has 0 saturated heterocycles. The van der Waals surface area contributed by atoms with Gasteiger partial charge in [-0.05, 0) is 37.6 Å². The molecule has 1 N–H and O–H groups in total. The van der Waals surface area contributed by atoms with Gasteiger partial charge >= 0.3 is 0 Å². The first kappa shape index (κ1) is 12.5. The Balaban J connectivity index is 2.33. The van der Waals surface area contributed by atoms with E-state index in [1.54, 1.807) is 7.11 Å². The maximum absolute atomic E-state index is 5.83. The molecule has 1 rings (SSSR count). The Morgan fingerprint density at radius 2 is 2.00 bits per heavy atom. The average Bonchev–Trinajstić information content (AvgIpc) is 2.25. The molecule has 1 aromatic rings. The lowest BCUT2D eigenvalue weighted by Gasteiger charge is -2.13. The molecule has 15 heavy (non-hydrogen) atoms. The van der Waals surface area contributed by atoms with Crippen LogP contribution in [0.2, 0.25) is 5.02 Å². The smallest absolute Gasteiger partial charge is 0.0474 e. The van der Waals surface area contributed by atoms with Crippen molar-refractivity contribution in [2.75, 3.05) is 20.3 Å². The molecule has 0 unspecified atom stereocenters. The Morgan fingerprint density at radius 3 is 2.60 bits per heavy atom. The molecule has 0 radical (unpaired) electrons. The molecule has 0 aliphatic rings. The van der Waals surface area contributed by atoms with Crippen LogP contribution in [0.3, 0.4) is 0 Å². The van der Waals surface area contributed by atoms with Crippen LogP contribution in [0.25, 0.3) is 0 Å². The van der Waals surface area contributed by atoms with Crippen LogP contribution in [0.15, 0.2) is 24.3 Å². The van der Waals surface area contributed by atoms with Gasteiger partial charge in [0.15, 0.2) is 0 Å². The third kappa shape index (κ3) is 4.65. The lowest BCUT2D eigenvalue weighted by molar-refractivity contribution is 0.193. The summed E-state index contributed by atoms with van der Waals surface area (Å²) in [5.74, 6) is 0. The predicted octanol–water partition coefficient (Wildman–Crippen LogP) is 3.03. The highest BCUT2D eigenvalue weighted by molar-refractivity contribution is 6.30. The molecule has 0 aliphatic heterocycles. The van der Waals surface area contributed by atoms with Crippen molar-refractivity contribution in [2.45, 2.75) is 19.4 Å². The van der Waals surface area contributed by atoms with Crippen LogP contribution in [-0.4, -0.2) is 20.3 Å². The first-order valence-corrected chi connectivity index (χ1v) is 5.59. The van der Waals surface area contributed by atoms with Crippen LogP contribution in [0.5, 0.6) is 0 Å². The topological polar surface area (TPSA) is 21.3 Å². The molecule has 2 nitrogen and oxygen atoms in total. The van der Waals surface area contributed by atoms with Gasteiger partial charge in [-0.1, -0.05) is 23.7 Å². The fourth-order valence-corrected chi connectivity index (χ4v) is 1.53. The van der Waals surface area contributed by atoms with Crippen LogP contribution >= 0.6 is 11.6 Å². The summed E-state index contributed by atoms with van der Waals surface area (Å²) in [5, 5.41) is 4.21. The van der Waals surface area contributed by atoms with E-state index in [4.69, 9.17) is 16.3 Å². The summed E-state index contributed by atoms with van der Waals surface area (Å²) in [4.78, 5) is 0. The minimum Gasteiger partial charge on any atom is -0.385 e. The summed E-state index contributed by atoms with van der Waals surface area (Å²) in [7, 11) is 1.72. The molecule has 0 amide bonds. The SMILES string of the molecule is COCCCN[C@H](C)c1ccc(Cl)cc1. The lowest BCUT2D eigenvalue weighted by atomic mass is 10.1. The second-order valence-corrected chi connectivity index (χ2v) is 4.01. The number of hydrogen-bond acceptors (Lipinski definition) is 2. The lowest BCUT2D eigenvalue weighted by Crippen LogP contribution is -2.20. The second kappa shape index (κ2) is 6.83. The molecule has 0 aliphatic carbocycles. The monoisotopic (exact) mass is 227 g/mol. The van der Waals surface area contributed by atoms with Crippen molar-refractivity contribution in [2.24, 2.45) is 0 Å². The van der Waals surface area contributed by atoms with E-state index in [9.17, 15) is 0 Å². The van der Waals surface area contributed by atoms with Crippen LogP contribution < -0.4 is 5.32 Å². The Labute approximate surface area is 96.6 Å². The normalized spacial score (nSPS) is 12.7. The van der Waals surface area contributed by atoms with Gasteiger partial charge < -0.3 is 10.1 Å². The van der Waals surface area contributed by atoms with E-state index in [1.165, 1.54) is 5.56 Å². The van der Waals surface area contributed by atoms with Crippen molar-refractivity contribution in [1.82, 2.24) is 5.32 Å². The zero-order valence-corrected chi connectivity index (χ0v) is 10.1. The van der Waals surface area contributed by atoms with Crippen molar-refractivity contribution in [3.63, 3.8) is 0 Å². The largest absolute Gasteiger partial charge is 0.385 e. The van der Waals surface area contributed by atoms with Gasteiger partial charge in [-0.15, -0.1) is 0 Å². The first-order valence-electron chi connectivity index (χ1n) is 5.22. The van der Waals surface area contributed by atoms with Gasteiger partial charge in [-0.25, -0.2) is 0 Å². The Morgan fingerprint density at radius 1 is 1.33 bits per heavy atom. The summed E-state index contributed by atoms with van der Waals surface area (Å²) in [6.45, 7) is 3.92. The fraction of sp³-hybridized carbons (Fsp3) is 0.500. The van der Waals surface area contributed by atoms with Gasteiger partial charge in [-0.2, -0.15) is 0 Å². The Hall–Kier alpha value is -0.570. The van der Waals surface area contributed by atoms with Crippen molar-refractivity contribution in [3.8, 4) is 0 Å². The number of ether oxygens (including phenoxy) is 1. The summed E-state index contributed by atoms with van der Waals surface area (Å²) in [6, 6.07) is 8.31. The van der Waals surface area contributed by atoms with E-state index >= 15 is 0 Å². The third-order valence-corrected chi connectivity index (χ3v) is 2.60. The highest BCUT2D eigenvalue weighted by Crippen LogP contribution is 2.15. The van der Waals surface area contributed by atoms with E-state index in [-0.39, 0.29) is 0 Å². The van der Waals surface area contributed by atoms with Crippen LogP contribution in [0.4, 0.5) is 0 Å². The molecule has 0 aromatic heterocycles. The molecule has 0 saturated carbocycles. The molecular weight excluding hydrogens is 210 g/mol. The molecule has 0 fully saturated rings. The van der Waals surface area contributed by atoms with Crippen LogP contribution in [-0.2, 0) is 4.74 Å². The number of halogens is 1. The summed E-state index contributed by atoms with van der Waals surface area (Å²) >= 11 is 5.83. The number of nitrogens with one attached hydrogen (secondary N) is 1. The van der Waals surface area contributed by atoms with Crippen LogP contribution in [0.1, 0.15) is 24.9 Å². The van der Waals surface area contributed by atoms with Crippen molar-refractivity contribution >= 4 is 11.6 Å². The van der Waals surface area contributed by atoms with Gasteiger partial charge in [0.1, 0.15) is 0 Å². The van der Waals surface area contributed by atoms with Gasteiger partial charge in [0.25, 0.3) is 0 Å². The standard InChI is InChI=1S/C12H18ClNO/c1-10(14-8-3-9-15-2)11-4-6-12(13)7-5-11/h4-7,10,14H,3,8-9H2,1-2H3/t10-/m1/s1. The van der Waals surface area contributed by atoms with E-state index in [0.717, 1.165) is 24.6 Å². The minimum atomic E-state index is 0.360. The second-order valence-electron chi connectivity index (χ2n) is 3.57. The Bertz CT molecular complexity index is 273. The van der Waals surface area contributed by atoms with Crippen LogP contribution in [0, 0.1) is 0 Å². The van der Waals surface area contributed by atoms with Gasteiger partial charge in [0.05, 0.1) is 0 Å². The molecular formula is C12H18ClNO. The minimum absolute atomic E-state index is 0.360. The van der Waals surface area contributed by atoms with Crippen molar-refractivity contribution in [1.29, 1.82) is 0 Å². The summed E-state index contributed by atoms with van der Waals surface area (Å²) in [5.41, 5.74) is 1.26. The zero-order chi connectivity index (χ0) is 11.1. The van der Waals surface area contributed by atoms with Gasteiger partial charge in [0.2, 0.25) is 0 Å². The van der Waals surface area contributed by atoms with Gasteiger partial charge in [0, 0.05) is 24.8 Å². The van der Waals surface area contributed by atoms with E-state index in [1.807, 2.05) is 12.1 Å². The third-order valence-electron chi connectivity index (χ3n) is 2.35. The molecule has 3 heteroatoms. The molecule has 0 bridgehead atoms. The fourth-order valence-electron chi connectivity index (χ4n) is 1.40. The zero-order valence-electron chi connectivity index (χ0n) is 9.29. The predicted molar refractivity (Wildman–Crippen MR) is 64.4 cm³/mol. The summed E-state index contributed by atoms with van der Waals surface area (Å²) in [6.07, 6.45) is 1.04. The highest BCUT2D eigenvalue weighted by Gasteiger charge is 2.03. The highest BCUT2D eigenvalue weighted by atomic mass is 35.5. The molecule has 0 spiro atoms. The number of hydrogen-bond donors (Lipinski definition) is 1. The van der Waals surface area contributed by atoms with Gasteiger partial charge in [-0.3, -0.25) is 0 Å². The quantitative estimate of drug-likeness (QED) is 0.755. The Kier molecular flexibility index (Phi) is 5.69. The number of rotatable bonds is 6. The maximum Gasteiger partial charge on any atom is 0.0474 e. The number of benzene rings is 1. The number of methoxy groups -OCH3 is 1. The van der Waals surface area contributed by atoms with E-state index < -0.39 is 0 Å². The maximum atomic E-state index is 5.83. The van der Waals surface area contributed by atoms with E-state index in [0.29, 0.717) is 6.04 Å². The first-order chi connectivity index (χ1) is 7.24. The molecule has 1 aromatic carbocycles.